The summed E-state index contributed by atoms with van der Waals surface area (Å²) in [6.45, 7) is 16.0. The fourth-order valence-corrected chi connectivity index (χ4v) is 2.35. The Bertz CT molecular complexity index is 486. The maximum Gasteiger partial charge on any atom is 0.0708 e. The Morgan fingerprint density at radius 3 is 2.40 bits per heavy atom. The van der Waals surface area contributed by atoms with Crippen LogP contribution in [0.1, 0.15) is 26.3 Å². The van der Waals surface area contributed by atoms with Crippen molar-refractivity contribution >= 4 is 27.7 Å². The summed E-state index contributed by atoms with van der Waals surface area (Å²) in [5, 5.41) is 3.48. The number of para-hydroxylation sites is 1. The van der Waals surface area contributed by atoms with Crippen LogP contribution in [0.2, 0.25) is 0 Å². The molecule has 0 amide bonds. The number of hydrogen-bond acceptors (Lipinski definition) is 1. The summed E-state index contributed by atoms with van der Waals surface area (Å²) in [5.41, 5.74) is 3.57. The lowest BCUT2D eigenvalue weighted by molar-refractivity contribution is 1.04. The third-order valence-electron chi connectivity index (χ3n) is 2.70. The van der Waals surface area contributed by atoms with Crippen LogP contribution in [-0.4, -0.2) is 6.04 Å². The van der Waals surface area contributed by atoms with Crippen LogP contribution in [0.25, 0.3) is 6.08 Å². The first-order valence-electron chi connectivity index (χ1n) is 6.77. The van der Waals surface area contributed by atoms with Crippen LogP contribution in [0.5, 0.6) is 0 Å². The van der Waals surface area contributed by atoms with Crippen LogP contribution in [0.15, 0.2) is 66.2 Å². The van der Waals surface area contributed by atoms with Crippen LogP contribution in [0, 0.1) is 0 Å². The van der Waals surface area contributed by atoms with E-state index in [1.54, 1.807) is 0 Å². The highest BCUT2D eigenvalue weighted by atomic mass is 79.9. The molecular weight excluding hydrogens is 310 g/mol. The summed E-state index contributed by atoms with van der Waals surface area (Å²) in [6.07, 6.45) is 6.38. The number of rotatable bonds is 2. The minimum absolute atomic E-state index is 0.201. The first-order valence-corrected chi connectivity index (χ1v) is 7.56. The first-order chi connectivity index (χ1) is 9.72. The number of halogens is 1. The van der Waals surface area contributed by atoms with E-state index in [9.17, 15) is 0 Å². The Hall–Kier alpha value is -1.54. The number of allylic oxidation sites excluding steroid dienone is 1. The molecule has 1 aliphatic heterocycles. The van der Waals surface area contributed by atoms with Gasteiger partial charge in [0.05, 0.1) is 6.04 Å². The molecule has 0 radical (unpaired) electrons. The van der Waals surface area contributed by atoms with Crippen molar-refractivity contribution in [3.8, 4) is 0 Å². The molecule has 0 spiro atoms. The third-order valence-corrected chi connectivity index (χ3v) is 3.16. The van der Waals surface area contributed by atoms with E-state index in [0.29, 0.717) is 0 Å². The van der Waals surface area contributed by atoms with E-state index in [0.717, 1.165) is 4.48 Å². The molecule has 108 valence electrons. The molecule has 1 aliphatic rings. The lowest BCUT2D eigenvalue weighted by atomic mass is 10.00. The van der Waals surface area contributed by atoms with Crippen LogP contribution in [0.3, 0.4) is 0 Å². The summed E-state index contributed by atoms with van der Waals surface area (Å²) in [4.78, 5) is 0. The number of anilines is 1. The first kappa shape index (κ1) is 18.5. The van der Waals surface area contributed by atoms with E-state index in [1.807, 2.05) is 32.9 Å². The van der Waals surface area contributed by atoms with E-state index in [1.165, 1.54) is 16.8 Å². The molecule has 1 atom stereocenters. The normalized spacial score (nSPS) is 15.6. The Kier molecular flexibility index (Phi) is 9.48. The van der Waals surface area contributed by atoms with Gasteiger partial charge >= 0.3 is 0 Å². The van der Waals surface area contributed by atoms with Crippen LogP contribution in [0.4, 0.5) is 5.69 Å². The maximum atomic E-state index is 3.93. The molecule has 2 heteroatoms. The molecule has 0 fully saturated rings. The maximum absolute atomic E-state index is 3.93. The second-order valence-corrected chi connectivity index (χ2v) is 4.67. The molecule has 2 rings (SSSR count). The monoisotopic (exact) mass is 333 g/mol. The second kappa shape index (κ2) is 10.3. The molecule has 1 nitrogen and oxygen atoms in total. The van der Waals surface area contributed by atoms with E-state index < -0.39 is 0 Å². The molecule has 1 unspecified atom stereocenters. The molecule has 0 aliphatic carbocycles. The van der Waals surface area contributed by atoms with Gasteiger partial charge in [-0.05, 0) is 24.1 Å². The molecular formula is C18H24BrN. The van der Waals surface area contributed by atoms with Crippen LogP contribution < -0.4 is 5.32 Å². The van der Waals surface area contributed by atoms with Crippen molar-refractivity contribution < 1.29 is 0 Å². The zero-order valence-corrected chi connectivity index (χ0v) is 14.2. The van der Waals surface area contributed by atoms with Crippen molar-refractivity contribution in [3.63, 3.8) is 0 Å². The Balaban J connectivity index is 0.000000829. The number of benzene rings is 1. The Labute approximate surface area is 131 Å². The summed E-state index contributed by atoms with van der Waals surface area (Å²) < 4.78 is 0.927. The largest absolute Gasteiger partial charge is 0.374 e. The van der Waals surface area contributed by atoms with Gasteiger partial charge in [-0.15, -0.1) is 13.2 Å². The molecule has 0 saturated carbocycles. The third kappa shape index (κ3) is 4.86. The highest BCUT2D eigenvalue weighted by molar-refractivity contribution is 9.11. The van der Waals surface area contributed by atoms with Crippen molar-refractivity contribution in [2.45, 2.75) is 26.8 Å². The van der Waals surface area contributed by atoms with Crippen LogP contribution >= 0.6 is 15.9 Å². The zero-order valence-electron chi connectivity index (χ0n) is 12.6. The molecule has 1 aromatic rings. The minimum atomic E-state index is 0.201. The molecule has 0 saturated heterocycles. The van der Waals surface area contributed by atoms with Crippen LogP contribution in [-0.2, 0) is 0 Å². The lowest BCUT2D eigenvalue weighted by Crippen LogP contribution is -2.22. The van der Waals surface area contributed by atoms with Gasteiger partial charge in [0.1, 0.15) is 0 Å². The van der Waals surface area contributed by atoms with E-state index in [4.69, 9.17) is 0 Å². The Morgan fingerprint density at radius 1 is 1.25 bits per heavy atom. The smallest absolute Gasteiger partial charge is 0.0708 e. The second-order valence-electron chi connectivity index (χ2n) is 3.72. The number of nitrogens with one attached hydrogen (secondary N) is 1. The summed E-state index contributed by atoms with van der Waals surface area (Å²) in [6, 6.07) is 8.49. The van der Waals surface area contributed by atoms with Gasteiger partial charge in [-0.2, -0.15) is 0 Å². The van der Waals surface area contributed by atoms with Crippen molar-refractivity contribution in [3.05, 3.63) is 71.8 Å². The highest BCUT2D eigenvalue weighted by Crippen LogP contribution is 2.28. The average Bonchev–Trinajstić information content (AvgIpc) is 2.51. The van der Waals surface area contributed by atoms with Crippen molar-refractivity contribution in [2.75, 3.05) is 5.32 Å². The quantitative estimate of drug-likeness (QED) is 0.503. The molecule has 0 aromatic heterocycles. The predicted molar refractivity (Wildman–Crippen MR) is 97.3 cm³/mol. The van der Waals surface area contributed by atoms with E-state index in [-0.39, 0.29) is 6.04 Å². The molecule has 1 aromatic carbocycles. The molecule has 20 heavy (non-hydrogen) atoms. The topological polar surface area (TPSA) is 12.0 Å². The van der Waals surface area contributed by atoms with E-state index >= 15 is 0 Å². The molecule has 0 bridgehead atoms. The van der Waals surface area contributed by atoms with Gasteiger partial charge in [0.25, 0.3) is 0 Å². The van der Waals surface area contributed by atoms with Crippen molar-refractivity contribution in [1.29, 1.82) is 0 Å². The summed E-state index contributed by atoms with van der Waals surface area (Å²) >= 11 is 3.44. The highest BCUT2D eigenvalue weighted by Gasteiger charge is 2.16. The van der Waals surface area contributed by atoms with E-state index in [2.05, 4.69) is 71.3 Å². The summed E-state index contributed by atoms with van der Waals surface area (Å²) in [7, 11) is 0. The molecule has 1 heterocycles. The van der Waals surface area contributed by atoms with Crippen molar-refractivity contribution in [1.82, 2.24) is 0 Å². The number of fused-ring (bicyclic) bond motifs is 1. The van der Waals surface area contributed by atoms with Crippen molar-refractivity contribution in [2.24, 2.45) is 0 Å². The standard InChI is InChI=1S/C14H14BrN.C2H6.C2H4/c1-3-12(10(2)15)14-9-8-11-6-4-5-7-13(11)16-14;2*1-2/h3-9,14,16H,2H2,1H3;1-2H3;1-2H2/b12-3+;;. The van der Waals surface area contributed by atoms with Gasteiger partial charge in [0, 0.05) is 10.2 Å². The van der Waals surface area contributed by atoms with Gasteiger partial charge in [-0.3, -0.25) is 0 Å². The predicted octanol–water partition coefficient (Wildman–Crippen LogP) is 6.18. The van der Waals surface area contributed by atoms with Gasteiger partial charge in [0.2, 0.25) is 0 Å². The number of hydrogen-bond donors (Lipinski definition) is 1. The lowest BCUT2D eigenvalue weighted by Gasteiger charge is -2.24. The Morgan fingerprint density at radius 2 is 1.85 bits per heavy atom. The zero-order chi connectivity index (χ0) is 15.5. The molecule has 1 N–H and O–H groups in total. The minimum Gasteiger partial charge on any atom is -0.374 e. The van der Waals surface area contributed by atoms with Gasteiger partial charge in [-0.1, -0.05) is 72.8 Å². The fraction of sp³-hybridized carbons (Fsp3) is 0.222. The average molecular weight is 334 g/mol. The summed E-state index contributed by atoms with van der Waals surface area (Å²) in [5.74, 6) is 0. The van der Waals surface area contributed by atoms with Gasteiger partial charge in [-0.25, -0.2) is 0 Å². The fourth-order valence-electron chi connectivity index (χ4n) is 1.88. The van der Waals surface area contributed by atoms with Gasteiger partial charge in [0.15, 0.2) is 0 Å². The van der Waals surface area contributed by atoms with Gasteiger partial charge < -0.3 is 5.32 Å². The SMILES string of the molecule is C=C.C=C(Br)/C(=C\C)C1C=Cc2ccccc2N1.CC.